The van der Waals surface area contributed by atoms with Crippen LogP contribution in [0.5, 0.6) is 0 Å². The molecule has 1 aromatic heterocycles. The minimum absolute atomic E-state index is 0.247. The number of guanidine groups is 1. The normalized spacial score (nSPS) is 22.2. The standard InChI is InChI=1S/C17H29N7S/c1-22-8-4-17(25-2,5-9-22)14-21-15(18)23-10-12-24(13-11-23)16-19-6-3-7-20-16/h3,6-7H,4-5,8-14H2,1-2H3,(H2,18,21). The number of anilines is 1. The summed E-state index contributed by atoms with van der Waals surface area (Å²) in [6.45, 7) is 6.58. The molecule has 0 radical (unpaired) electrons. The average molecular weight is 364 g/mol. The van der Waals surface area contributed by atoms with Crippen LogP contribution in [0.1, 0.15) is 12.8 Å². The molecule has 0 aliphatic carbocycles. The Hall–Kier alpha value is -1.54. The number of nitrogens with zero attached hydrogens (tertiary/aromatic N) is 6. The molecule has 0 amide bonds. The molecule has 2 aliphatic rings. The molecule has 8 heteroatoms. The Kier molecular flexibility index (Phi) is 6.01. The predicted molar refractivity (Wildman–Crippen MR) is 105 cm³/mol. The lowest BCUT2D eigenvalue weighted by Crippen LogP contribution is -2.52. The summed E-state index contributed by atoms with van der Waals surface area (Å²) >= 11 is 1.95. The Morgan fingerprint density at radius 3 is 2.40 bits per heavy atom. The van der Waals surface area contributed by atoms with Crippen LogP contribution >= 0.6 is 11.8 Å². The third kappa shape index (κ3) is 4.55. The van der Waals surface area contributed by atoms with E-state index >= 15 is 0 Å². The van der Waals surface area contributed by atoms with Crippen molar-refractivity contribution in [3.8, 4) is 0 Å². The van der Waals surface area contributed by atoms with E-state index in [1.54, 1.807) is 12.4 Å². The molecule has 0 bridgehead atoms. The van der Waals surface area contributed by atoms with Gasteiger partial charge in [0.1, 0.15) is 0 Å². The van der Waals surface area contributed by atoms with Gasteiger partial charge >= 0.3 is 0 Å². The largest absolute Gasteiger partial charge is 0.370 e. The Balaban J connectivity index is 1.53. The molecule has 3 rings (SSSR count). The van der Waals surface area contributed by atoms with Crippen LogP contribution in [0.15, 0.2) is 23.5 Å². The van der Waals surface area contributed by atoms with Crippen LogP contribution < -0.4 is 10.6 Å². The van der Waals surface area contributed by atoms with E-state index in [4.69, 9.17) is 10.7 Å². The van der Waals surface area contributed by atoms with Crippen molar-refractivity contribution >= 4 is 23.7 Å². The third-order valence-corrected chi connectivity index (χ3v) is 6.70. The summed E-state index contributed by atoms with van der Waals surface area (Å²) in [5.74, 6) is 1.48. The molecule has 2 aliphatic heterocycles. The first-order valence-corrected chi connectivity index (χ1v) is 10.1. The van der Waals surface area contributed by atoms with Gasteiger partial charge in [-0.2, -0.15) is 11.8 Å². The van der Waals surface area contributed by atoms with Gasteiger partial charge in [-0.05, 0) is 45.3 Å². The first-order chi connectivity index (χ1) is 12.1. The van der Waals surface area contributed by atoms with Crippen LogP contribution in [0.3, 0.4) is 0 Å². The topological polar surface area (TPSA) is 73.9 Å². The average Bonchev–Trinajstić information content (AvgIpc) is 2.68. The smallest absolute Gasteiger partial charge is 0.225 e. The second-order valence-electron chi connectivity index (χ2n) is 6.89. The maximum absolute atomic E-state index is 6.30. The second-order valence-corrected chi connectivity index (χ2v) is 8.16. The molecule has 2 N–H and O–H groups in total. The predicted octanol–water partition coefficient (Wildman–Crippen LogP) is 0.741. The summed E-state index contributed by atoms with van der Waals surface area (Å²) < 4.78 is 0.247. The lowest BCUT2D eigenvalue weighted by molar-refractivity contribution is 0.242. The first-order valence-electron chi connectivity index (χ1n) is 8.92. The molecular weight excluding hydrogens is 334 g/mol. The quantitative estimate of drug-likeness (QED) is 0.625. The monoisotopic (exact) mass is 363 g/mol. The fraction of sp³-hybridized carbons (Fsp3) is 0.706. The molecule has 0 unspecified atom stereocenters. The summed E-state index contributed by atoms with van der Waals surface area (Å²) in [5, 5.41) is 0. The van der Waals surface area contributed by atoms with Crippen molar-refractivity contribution in [1.82, 2.24) is 19.8 Å². The maximum atomic E-state index is 6.30. The number of nitrogens with two attached hydrogens (primary N) is 1. The molecule has 0 aromatic carbocycles. The molecule has 0 atom stereocenters. The van der Waals surface area contributed by atoms with Crippen LogP contribution in [0.25, 0.3) is 0 Å². The molecule has 7 nitrogen and oxygen atoms in total. The van der Waals surface area contributed by atoms with Crippen LogP contribution in [0, 0.1) is 0 Å². The zero-order valence-corrected chi connectivity index (χ0v) is 16.1. The van der Waals surface area contributed by atoms with E-state index in [-0.39, 0.29) is 4.75 Å². The summed E-state index contributed by atoms with van der Waals surface area (Å²) in [6.07, 6.45) is 8.14. The fourth-order valence-electron chi connectivity index (χ4n) is 3.37. The fourth-order valence-corrected chi connectivity index (χ4v) is 4.15. The van der Waals surface area contributed by atoms with Gasteiger partial charge < -0.3 is 20.4 Å². The second kappa shape index (κ2) is 8.23. The number of piperazine rings is 1. The lowest BCUT2D eigenvalue weighted by atomic mass is 9.96. The van der Waals surface area contributed by atoms with Crippen molar-refractivity contribution in [2.24, 2.45) is 10.7 Å². The Labute approximate surface area is 154 Å². The molecular formula is C17H29N7S. The van der Waals surface area contributed by atoms with Gasteiger partial charge in [0.2, 0.25) is 5.95 Å². The van der Waals surface area contributed by atoms with Crippen molar-refractivity contribution in [1.29, 1.82) is 0 Å². The Morgan fingerprint density at radius 2 is 1.80 bits per heavy atom. The van der Waals surface area contributed by atoms with E-state index in [0.29, 0.717) is 5.96 Å². The maximum Gasteiger partial charge on any atom is 0.225 e. The van der Waals surface area contributed by atoms with E-state index in [0.717, 1.165) is 51.8 Å². The Morgan fingerprint density at radius 1 is 1.16 bits per heavy atom. The summed E-state index contributed by atoms with van der Waals surface area (Å²) in [5.41, 5.74) is 6.30. The highest BCUT2D eigenvalue weighted by Crippen LogP contribution is 2.34. The van der Waals surface area contributed by atoms with E-state index in [1.807, 2.05) is 17.8 Å². The molecule has 0 saturated carbocycles. The third-order valence-electron chi connectivity index (χ3n) is 5.30. The number of likely N-dealkylation sites (tertiary alicyclic amines) is 1. The summed E-state index contributed by atoms with van der Waals surface area (Å²) in [6, 6.07) is 1.84. The van der Waals surface area contributed by atoms with Crippen LogP contribution in [-0.2, 0) is 0 Å². The van der Waals surface area contributed by atoms with E-state index < -0.39 is 0 Å². The molecule has 2 saturated heterocycles. The molecule has 3 heterocycles. The minimum Gasteiger partial charge on any atom is -0.370 e. The molecule has 138 valence electrons. The number of rotatable bonds is 4. The number of hydrogen-bond acceptors (Lipinski definition) is 6. The van der Waals surface area contributed by atoms with E-state index in [2.05, 4.69) is 38.0 Å². The van der Waals surface area contributed by atoms with Gasteiger partial charge in [-0.25, -0.2) is 9.97 Å². The number of aliphatic imine (C=N–C) groups is 1. The van der Waals surface area contributed by atoms with Crippen LogP contribution in [0.4, 0.5) is 5.95 Å². The lowest BCUT2D eigenvalue weighted by Gasteiger charge is -2.39. The van der Waals surface area contributed by atoms with Crippen molar-refractivity contribution < 1.29 is 0 Å². The number of hydrogen-bond donors (Lipinski definition) is 1. The molecule has 2 fully saturated rings. The van der Waals surface area contributed by atoms with Gasteiger partial charge in [0.05, 0.1) is 6.54 Å². The van der Waals surface area contributed by atoms with Gasteiger partial charge in [0.15, 0.2) is 5.96 Å². The van der Waals surface area contributed by atoms with Crippen molar-refractivity contribution in [3.05, 3.63) is 18.5 Å². The highest BCUT2D eigenvalue weighted by atomic mass is 32.2. The van der Waals surface area contributed by atoms with Crippen molar-refractivity contribution in [2.45, 2.75) is 17.6 Å². The molecule has 1 aromatic rings. The van der Waals surface area contributed by atoms with Gasteiger partial charge in [-0.1, -0.05) is 0 Å². The van der Waals surface area contributed by atoms with E-state index in [1.165, 1.54) is 12.8 Å². The minimum atomic E-state index is 0.247. The van der Waals surface area contributed by atoms with Crippen LogP contribution in [-0.4, -0.2) is 89.6 Å². The summed E-state index contributed by atoms with van der Waals surface area (Å²) in [7, 11) is 2.19. The zero-order valence-electron chi connectivity index (χ0n) is 15.3. The number of thioether (sulfide) groups is 1. The Bertz CT molecular complexity index is 564. The molecule has 25 heavy (non-hydrogen) atoms. The van der Waals surface area contributed by atoms with Gasteiger partial charge in [-0.3, -0.25) is 4.99 Å². The van der Waals surface area contributed by atoms with Crippen molar-refractivity contribution in [2.75, 3.05) is 64.0 Å². The van der Waals surface area contributed by atoms with E-state index in [9.17, 15) is 0 Å². The number of aromatic nitrogens is 2. The first kappa shape index (κ1) is 18.3. The van der Waals surface area contributed by atoms with Gasteiger partial charge in [0, 0.05) is 43.3 Å². The van der Waals surface area contributed by atoms with Crippen molar-refractivity contribution in [3.63, 3.8) is 0 Å². The summed E-state index contributed by atoms with van der Waals surface area (Å²) in [4.78, 5) is 20.2. The zero-order chi connectivity index (χ0) is 17.7. The number of piperidine rings is 1. The molecule has 0 spiro atoms. The highest BCUT2D eigenvalue weighted by molar-refractivity contribution is 8.00. The van der Waals surface area contributed by atoms with Gasteiger partial charge in [0.25, 0.3) is 0 Å². The highest BCUT2D eigenvalue weighted by Gasteiger charge is 2.33. The van der Waals surface area contributed by atoms with Gasteiger partial charge in [-0.15, -0.1) is 0 Å². The SMILES string of the molecule is CSC1(CN=C(N)N2CCN(c3ncccn3)CC2)CCN(C)CC1. The van der Waals surface area contributed by atoms with Crippen LogP contribution in [0.2, 0.25) is 0 Å².